The lowest BCUT2D eigenvalue weighted by Crippen LogP contribution is -2.24. The van der Waals surface area contributed by atoms with Gasteiger partial charge in [0.15, 0.2) is 12.1 Å². The molecule has 1 aromatic carbocycles. The van der Waals surface area contributed by atoms with Gasteiger partial charge in [0.25, 0.3) is 0 Å². The predicted octanol–water partition coefficient (Wildman–Crippen LogP) is 5.77. The van der Waals surface area contributed by atoms with Crippen LogP contribution in [0.25, 0.3) is 0 Å². The van der Waals surface area contributed by atoms with Crippen molar-refractivity contribution in [2.75, 3.05) is 6.61 Å². The van der Waals surface area contributed by atoms with E-state index in [0.29, 0.717) is 12.3 Å². The summed E-state index contributed by atoms with van der Waals surface area (Å²) in [4.78, 5) is 12.6. The molecule has 0 N–H and O–H groups in total. The molecule has 2 aliphatic rings. The van der Waals surface area contributed by atoms with Crippen LogP contribution < -0.4 is 4.74 Å². The highest BCUT2D eigenvalue weighted by Crippen LogP contribution is 2.34. The van der Waals surface area contributed by atoms with Gasteiger partial charge in [0, 0.05) is 18.4 Å². The Labute approximate surface area is 152 Å². The maximum atomic E-state index is 12.6. The summed E-state index contributed by atoms with van der Waals surface area (Å²) in [5.74, 6) is 2.55. The molecule has 1 saturated heterocycles. The first kappa shape index (κ1) is 18.4. The van der Waals surface area contributed by atoms with Gasteiger partial charge in [-0.1, -0.05) is 32.6 Å². The fraction of sp³-hybridized carbons (Fsp3) is 0.682. The van der Waals surface area contributed by atoms with E-state index in [-0.39, 0.29) is 12.1 Å². The topological polar surface area (TPSA) is 35.5 Å². The number of carbonyl (C=O) groups excluding carboxylic acids is 1. The number of ether oxygens (including phenoxy) is 2. The third kappa shape index (κ3) is 5.57. The van der Waals surface area contributed by atoms with Gasteiger partial charge in [0.1, 0.15) is 5.75 Å². The van der Waals surface area contributed by atoms with E-state index >= 15 is 0 Å². The minimum atomic E-state index is -0.131. The minimum Gasteiger partial charge on any atom is -0.465 e. The quantitative estimate of drug-likeness (QED) is 0.589. The van der Waals surface area contributed by atoms with Gasteiger partial charge in [-0.2, -0.15) is 0 Å². The monoisotopic (exact) mass is 344 g/mol. The van der Waals surface area contributed by atoms with Crippen LogP contribution in [0.15, 0.2) is 24.3 Å². The summed E-state index contributed by atoms with van der Waals surface area (Å²) in [5.41, 5.74) is 0.813. The van der Waals surface area contributed by atoms with Crippen molar-refractivity contribution in [1.29, 1.82) is 0 Å². The third-order valence-electron chi connectivity index (χ3n) is 5.72. The second-order valence-corrected chi connectivity index (χ2v) is 7.74. The van der Waals surface area contributed by atoms with Crippen molar-refractivity contribution in [3.63, 3.8) is 0 Å². The zero-order valence-electron chi connectivity index (χ0n) is 15.5. The molecule has 1 heterocycles. The van der Waals surface area contributed by atoms with Crippen molar-refractivity contribution in [2.24, 2.45) is 11.8 Å². The molecule has 1 aromatic rings. The summed E-state index contributed by atoms with van der Waals surface area (Å²) in [6.45, 7) is 3.05. The van der Waals surface area contributed by atoms with Crippen molar-refractivity contribution in [2.45, 2.75) is 77.4 Å². The Morgan fingerprint density at radius 2 is 1.76 bits per heavy atom. The molecule has 0 radical (unpaired) electrons. The molecule has 3 heteroatoms. The zero-order valence-corrected chi connectivity index (χ0v) is 15.5. The van der Waals surface area contributed by atoms with Gasteiger partial charge in [-0.15, -0.1) is 0 Å². The van der Waals surface area contributed by atoms with Crippen LogP contribution in [0, 0.1) is 11.8 Å². The number of rotatable bonds is 7. The molecule has 1 atom stereocenters. The molecule has 1 aliphatic carbocycles. The second-order valence-electron chi connectivity index (χ2n) is 7.74. The Morgan fingerprint density at radius 3 is 2.40 bits per heavy atom. The number of hydrogen-bond donors (Lipinski definition) is 0. The lowest BCUT2D eigenvalue weighted by atomic mass is 9.78. The SMILES string of the molecule is CCCC1CCC(CC(=O)c2ccc(OC3CCCCO3)cc2)CC1. The van der Waals surface area contributed by atoms with Crippen LogP contribution >= 0.6 is 0 Å². The van der Waals surface area contributed by atoms with Gasteiger partial charge in [-0.05, 0) is 61.8 Å². The molecular weight excluding hydrogens is 312 g/mol. The number of benzene rings is 1. The first-order valence-corrected chi connectivity index (χ1v) is 10.2. The molecule has 25 heavy (non-hydrogen) atoms. The normalized spacial score (nSPS) is 27.0. The van der Waals surface area contributed by atoms with Gasteiger partial charge in [0.2, 0.25) is 0 Å². The molecule has 0 amide bonds. The van der Waals surface area contributed by atoms with E-state index < -0.39 is 0 Å². The fourth-order valence-electron chi connectivity index (χ4n) is 4.19. The second kappa shape index (κ2) is 9.38. The van der Waals surface area contributed by atoms with Gasteiger partial charge in [-0.25, -0.2) is 0 Å². The van der Waals surface area contributed by atoms with Crippen LogP contribution in [0.3, 0.4) is 0 Å². The summed E-state index contributed by atoms with van der Waals surface area (Å²) in [6.07, 6.45) is 11.5. The Kier molecular flexibility index (Phi) is 6.92. The van der Waals surface area contributed by atoms with E-state index in [2.05, 4.69) is 6.92 Å². The largest absolute Gasteiger partial charge is 0.465 e. The zero-order chi connectivity index (χ0) is 17.5. The predicted molar refractivity (Wildman–Crippen MR) is 100.0 cm³/mol. The number of Topliss-reactive ketones (excluding diaryl/α,β-unsaturated/α-hetero) is 1. The van der Waals surface area contributed by atoms with Gasteiger partial charge < -0.3 is 9.47 Å². The maximum absolute atomic E-state index is 12.6. The highest BCUT2D eigenvalue weighted by Gasteiger charge is 2.23. The Hall–Kier alpha value is -1.35. The van der Waals surface area contributed by atoms with Crippen molar-refractivity contribution in [3.8, 4) is 5.75 Å². The molecule has 0 aromatic heterocycles. The lowest BCUT2D eigenvalue weighted by Gasteiger charge is -2.28. The molecule has 138 valence electrons. The minimum absolute atomic E-state index is 0.131. The summed E-state index contributed by atoms with van der Waals surface area (Å²) in [7, 11) is 0. The van der Waals surface area contributed by atoms with Crippen LogP contribution in [0.1, 0.15) is 81.5 Å². The van der Waals surface area contributed by atoms with E-state index in [0.717, 1.165) is 43.1 Å². The summed E-state index contributed by atoms with van der Waals surface area (Å²) >= 11 is 0. The van der Waals surface area contributed by atoms with Crippen LogP contribution in [-0.4, -0.2) is 18.7 Å². The maximum Gasteiger partial charge on any atom is 0.199 e. The van der Waals surface area contributed by atoms with Crippen molar-refractivity contribution in [1.82, 2.24) is 0 Å². The molecule has 1 saturated carbocycles. The van der Waals surface area contributed by atoms with Crippen LogP contribution in [0.5, 0.6) is 5.75 Å². The molecule has 0 bridgehead atoms. The average molecular weight is 344 g/mol. The van der Waals surface area contributed by atoms with Crippen molar-refractivity contribution >= 4 is 5.78 Å². The summed E-state index contributed by atoms with van der Waals surface area (Å²) in [6, 6.07) is 7.62. The van der Waals surface area contributed by atoms with E-state index in [1.54, 1.807) is 0 Å². The van der Waals surface area contributed by atoms with Crippen molar-refractivity contribution < 1.29 is 14.3 Å². The summed E-state index contributed by atoms with van der Waals surface area (Å²) < 4.78 is 11.4. The molecule has 1 aliphatic heterocycles. The Bertz CT molecular complexity index is 523. The van der Waals surface area contributed by atoms with Gasteiger partial charge in [-0.3, -0.25) is 4.79 Å². The first-order valence-electron chi connectivity index (χ1n) is 10.2. The van der Waals surface area contributed by atoms with Crippen LogP contribution in [-0.2, 0) is 4.74 Å². The average Bonchev–Trinajstić information content (AvgIpc) is 2.65. The Morgan fingerprint density at radius 1 is 1.04 bits per heavy atom. The highest BCUT2D eigenvalue weighted by atomic mass is 16.7. The smallest absolute Gasteiger partial charge is 0.199 e. The molecular formula is C22H32O3. The molecule has 3 rings (SSSR count). The van der Waals surface area contributed by atoms with Gasteiger partial charge in [0.05, 0.1) is 6.61 Å². The van der Waals surface area contributed by atoms with E-state index in [1.807, 2.05) is 24.3 Å². The van der Waals surface area contributed by atoms with Crippen LogP contribution in [0.4, 0.5) is 0 Å². The standard InChI is InChI=1S/C22H32O3/c1-2-5-17-7-9-18(10-8-17)16-21(23)19-11-13-20(14-12-19)25-22-6-3-4-15-24-22/h11-14,17-18,22H,2-10,15-16H2,1H3. The first-order chi connectivity index (χ1) is 12.2. The molecule has 1 unspecified atom stereocenters. The lowest BCUT2D eigenvalue weighted by molar-refractivity contribution is -0.105. The van der Waals surface area contributed by atoms with E-state index in [9.17, 15) is 4.79 Å². The number of ketones is 1. The molecule has 0 spiro atoms. The molecule has 3 nitrogen and oxygen atoms in total. The highest BCUT2D eigenvalue weighted by molar-refractivity contribution is 5.96. The summed E-state index contributed by atoms with van der Waals surface area (Å²) in [5, 5.41) is 0. The number of carbonyl (C=O) groups is 1. The van der Waals surface area contributed by atoms with E-state index in [4.69, 9.17) is 9.47 Å². The molecule has 2 fully saturated rings. The third-order valence-corrected chi connectivity index (χ3v) is 5.72. The van der Waals surface area contributed by atoms with E-state index in [1.165, 1.54) is 38.5 Å². The van der Waals surface area contributed by atoms with Crippen LogP contribution in [0.2, 0.25) is 0 Å². The number of hydrogen-bond acceptors (Lipinski definition) is 3. The van der Waals surface area contributed by atoms with Crippen molar-refractivity contribution in [3.05, 3.63) is 29.8 Å². The fourth-order valence-corrected chi connectivity index (χ4v) is 4.19. The Balaban J connectivity index is 1.46. The van der Waals surface area contributed by atoms with Gasteiger partial charge >= 0.3 is 0 Å².